The Hall–Kier alpha value is -3.20. The Balaban J connectivity index is 1.78. The lowest BCUT2D eigenvalue weighted by Crippen LogP contribution is -2.24. The molecule has 1 aliphatic rings. The highest BCUT2D eigenvalue weighted by molar-refractivity contribution is 5.89. The second kappa shape index (κ2) is 8.50. The molecule has 0 amide bonds. The highest BCUT2D eigenvalue weighted by Gasteiger charge is 2.21. The van der Waals surface area contributed by atoms with E-state index in [0.29, 0.717) is 42.0 Å². The van der Waals surface area contributed by atoms with Crippen molar-refractivity contribution in [1.82, 2.24) is 14.5 Å². The summed E-state index contributed by atoms with van der Waals surface area (Å²) in [6.45, 7) is 2.59. The Morgan fingerprint density at radius 1 is 1.23 bits per heavy atom. The molecule has 1 N–H and O–H groups in total. The number of pyridine rings is 1. The lowest BCUT2D eigenvalue weighted by atomic mass is 10.0. The van der Waals surface area contributed by atoms with E-state index in [-0.39, 0.29) is 11.1 Å². The van der Waals surface area contributed by atoms with Crippen molar-refractivity contribution in [1.29, 1.82) is 0 Å². The van der Waals surface area contributed by atoms with Crippen molar-refractivity contribution in [2.24, 2.45) is 7.05 Å². The van der Waals surface area contributed by atoms with Gasteiger partial charge in [-0.3, -0.25) is 9.36 Å². The van der Waals surface area contributed by atoms with Gasteiger partial charge in [0.05, 0.1) is 30.2 Å². The van der Waals surface area contributed by atoms with Gasteiger partial charge in [0.2, 0.25) is 0 Å². The van der Waals surface area contributed by atoms with Crippen molar-refractivity contribution >= 4 is 22.4 Å². The zero-order valence-corrected chi connectivity index (χ0v) is 17.0. The maximum absolute atomic E-state index is 14.6. The second-order valence-electron chi connectivity index (χ2n) is 7.37. The summed E-state index contributed by atoms with van der Waals surface area (Å²) >= 11 is 0. The number of benzene rings is 1. The van der Waals surface area contributed by atoms with Gasteiger partial charge in [-0.1, -0.05) is 24.3 Å². The standard InChI is InChI=1S/C22H21F3N4O2/c1-12(14-6-3-7-15(18(14)23)19(24)25)28-20-17-9-16(13-5-4-8-31-10-13)22(30)29(2)21(17)27-11-26-20/h3,5-7,9,11-12,19H,4,8,10H2,1-2H3,(H,26,27,28)/t12-/m1/s1. The summed E-state index contributed by atoms with van der Waals surface area (Å²) in [6.07, 6.45) is 1.07. The molecule has 1 atom stereocenters. The zero-order valence-electron chi connectivity index (χ0n) is 17.0. The molecule has 1 aliphatic heterocycles. The first-order valence-electron chi connectivity index (χ1n) is 9.83. The van der Waals surface area contributed by atoms with Gasteiger partial charge < -0.3 is 10.1 Å². The number of nitrogens with zero attached hydrogens (tertiary/aromatic N) is 3. The van der Waals surface area contributed by atoms with E-state index in [1.165, 1.54) is 23.0 Å². The van der Waals surface area contributed by atoms with E-state index in [2.05, 4.69) is 15.3 Å². The fourth-order valence-electron chi connectivity index (χ4n) is 3.71. The fraction of sp³-hybridized carbons (Fsp3) is 0.318. The van der Waals surface area contributed by atoms with Crippen molar-refractivity contribution in [3.63, 3.8) is 0 Å². The van der Waals surface area contributed by atoms with Gasteiger partial charge in [0, 0.05) is 18.2 Å². The fourth-order valence-corrected chi connectivity index (χ4v) is 3.71. The number of anilines is 1. The van der Waals surface area contributed by atoms with E-state index in [9.17, 15) is 18.0 Å². The van der Waals surface area contributed by atoms with Gasteiger partial charge in [-0.25, -0.2) is 23.1 Å². The van der Waals surface area contributed by atoms with Crippen molar-refractivity contribution in [3.8, 4) is 0 Å². The van der Waals surface area contributed by atoms with Gasteiger partial charge in [0.1, 0.15) is 23.6 Å². The molecule has 3 heterocycles. The molecule has 0 fully saturated rings. The number of rotatable bonds is 5. The Morgan fingerprint density at radius 3 is 2.71 bits per heavy atom. The normalized spacial score (nSPS) is 15.2. The molecule has 0 saturated carbocycles. The Kier molecular flexibility index (Phi) is 5.77. The van der Waals surface area contributed by atoms with Crippen LogP contribution in [0, 0.1) is 5.82 Å². The van der Waals surface area contributed by atoms with E-state index in [0.717, 1.165) is 11.6 Å². The van der Waals surface area contributed by atoms with Crippen molar-refractivity contribution in [3.05, 3.63) is 69.5 Å². The molecule has 0 bridgehead atoms. The Labute approximate surface area is 176 Å². The first kappa shape index (κ1) is 21.0. The van der Waals surface area contributed by atoms with Gasteiger partial charge >= 0.3 is 0 Å². The summed E-state index contributed by atoms with van der Waals surface area (Å²) in [5, 5.41) is 3.64. The van der Waals surface area contributed by atoms with Crippen molar-refractivity contribution in [2.45, 2.75) is 25.8 Å². The van der Waals surface area contributed by atoms with E-state index >= 15 is 0 Å². The molecule has 0 saturated heterocycles. The van der Waals surface area contributed by atoms with E-state index in [1.54, 1.807) is 20.0 Å². The van der Waals surface area contributed by atoms with Crippen LogP contribution in [0.2, 0.25) is 0 Å². The summed E-state index contributed by atoms with van der Waals surface area (Å²) < 4.78 is 47.7. The van der Waals surface area contributed by atoms with E-state index in [1.807, 2.05) is 6.08 Å². The van der Waals surface area contributed by atoms with Crippen LogP contribution in [0.5, 0.6) is 0 Å². The Bertz CT molecular complexity index is 1220. The highest BCUT2D eigenvalue weighted by atomic mass is 19.3. The molecule has 4 rings (SSSR count). The van der Waals surface area contributed by atoms with Crippen LogP contribution in [-0.4, -0.2) is 27.7 Å². The number of aromatic nitrogens is 3. The van der Waals surface area contributed by atoms with Gasteiger partial charge in [-0.2, -0.15) is 0 Å². The van der Waals surface area contributed by atoms with Crippen LogP contribution >= 0.6 is 0 Å². The third-order valence-corrected chi connectivity index (χ3v) is 5.37. The van der Waals surface area contributed by atoms with Crippen LogP contribution in [0.25, 0.3) is 16.6 Å². The van der Waals surface area contributed by atoms with Crippen molar-refractivity contribution < 1.29 is 17.9 Å². The van der Waals surface area contributed by atoms with Crippen LogP contribution < -0.4 is 10.9 Å². The number of nitrogens with one attached hydrogen (secondary N) is 1. The molecule has 0 spiro atoms. The van der Waals surface area contributed by atoms with Crippen LogP contribution in [0.1, 0.15) is 42.5 Å². The van der Waals surface area contributed by atoms with Gasteiger partial charge in [0.25, 0.3) is 12.0 Å². The molecule has 3 aromatic rings. The van der Waals surface area contributed by atoms with Crippen LogP contribution in [0.3, 0.4) is 0 Å². The van der Waals surface area contributed by atoms with Crippen LogP contribution in [-0.2, 0) is 11.8 Å². The topological polar surface area (TPSA) is 69.0 Å². The molecular weight excluding hydrogens is 409 g/mol. The molecule has 0 aliphatic carbocycles. The van der Waals surface area contributed by atoms with E-state index < -0.39 is 23.8 Å². The maximum Gasteiger partial charge on any atom is 0.266 e. The monoisotopic (exact) mass is 430 g/mol. The molecule has 0 unspecified atom stereocenters. The average Bonchev–Trinajstić information content (AvgIpc) is 2.77. The molecule has 31 heavy (non-hydrogen) atoms. The second-order valence-corrected chi connectivity index (χ2v) is 7.37. The predicted octanol–water partition coefficient (Wildman–Crippen LogP) is 4.38. The minimum Gasteiger partial charge on any atom is -0.376 e. The quantitative estimate of drug-likeness (QED) is 0.651. The maximum atomic E-state index is 14.6. The molecular formula is C22H21F3N4O2. The lowest BCUT2D eigenvalue weighted by Gasteiger charge is -2.19. The highest BCUT2D eigenvalue weighted by Crippen LogP contribution is 2.30. The van der Waals surface area contributed by atoms with Gasteiger partial charge in [-0.05, 0) is 25.0 Å². The number of alkyl halides is 2. The zero-order chi connectivity index (χ0) is 22.1. The average molecular weight is 430 g/mol. The number of halogens is 3. The summed E-state index contributed by atoms with van der Waals surface area (Å²) in [6, 6.07) is 4.95. The third kappa shape index (κ3) is 3.93. The van der Waals surface area contributed by atoms with Gasteiger partial charge in [0.15, 0.2) is 0 Å². The first-order valence-corrected chi connectivity index (χ1v) is 9.83. The molecule has 6 nitrogen and oxygen atoms in total. The van der Waals surface area contributed by atoms with Crippen LogP contribution in [0.4, 0.5) is 19.0 Å². The summed E-state index contributed by atoms with van der Waals surface area (Å²) in [5.74, 6) is -0.581. The number of hydrogen-bond donors (Lipinski definition) is 1. The third-order valence-electron chi connectivity index (χ3n) is 5.37. The molecule has 1 aromatic carbocycles. The first-order chi connectivity index (χ1) is 14.9. The molecule has 162 valence electrons. The SMILES string of the molecule is C[C@@H](Nc1ncnc2c1cc(C1=CCCOC1)c(=O)n2C)c1cccc(C(F)F)c1F. The van der Waals surface area contributed by atoms with Gasteiger partial charge in [-0.15, -0.1) is 0 Å². The Morgan fingerprint density at radius 2 is 2.00 bits per heavy atom. The summed E-state index contributed by atoms with van der Waals surface area (Å²) in [5.41, 5.74) is 0.902. The molecule has 0 radical (unpaired) electrons. The number of aryl methyl sites for hydroxylation is 1. The smallest absolute Gasteiger partial charge is 0.266 e. The number of hydrogen-bond acceptors (Lipinski definition) is 5. The summed E-state index contributed by atoms with van der Waals surface area (Å²) in [4.78, 5) is 21.3. The predicted molar refractivity (Wildman–Crippen MR) is 112 cm³/mol. The largest absolute Gasteiger partial charge is 0.376 e. The minimum atomic E-state index is -2.91. The number of ether oxygens (including phenoxy) is 1. The van der Waals surface area contributed by atoms with Crippen LogP contribution in [0.15, 0.2) is 41.5 Å². The minimum absolute atomic E-state index is 0.0954. The lowest BCUT2D eigenvalue weighted by molar-refractivity contribution is 0.146. The molecule has 9 heteroatoms. The summed E-state index contributed by atoms with van der Waals surface area (Å²) in [7, 11) is 1.62. The van der Waals surface area contributed by atoms with E-state index in [4.69, 9.17) is 4.74 Å². The molecule has 2 aromatic heterocycles. The number of fused-ring (bicyclic) bond motifs is 1. The van der Waals surface area contributed by atoms with Crippen molar-refractivity contribution in [2.75, 3.05) is 18.5 Å².